The predicted octanol–water partition coefficient (Wildman–Crippen LogP) is 3.52. The van der Waals surface area contributed by atoms with Gasteiger partial charge in [0.25, 0.3) is 15.9 Å². The highest BCUT2D eigenvalue weighted by Crippen LogP contribution is 2.31. The van der Waals surface area contributed by atoms with Gasteiger partial charge in [0, 0.05) is 10.9 Å². The lowest BCUT2D eigenvalue weighted by molar-refractivity contribution is 0.0981. The molecule has 0 saturated carbocycles. The first-order valence-electron chi connectivity index (χ1n) is 9.04. The predicted molar refractivity (Wildman–Crippen MR) is 119 cm³/mol. The van der Waals surface area contributed by atoms with Crippen LogP contribution in [0.4, 0.5) is 0 Å². The van der Waals surface area contributed by atoms with Gasteiger partial charge in [-0.05, 0) is 36.4 Å². The number of carbonyl (C=O) groups excluding carboxylic acids is 1. The Kier molecular flexibility index (Phi) is 5.55. The van der Waals surface area contributed by atoms with E-state index in [0.717, 1.165) is 17.5 Å². The maximum absolute atomic E-state index is 12.7. The van der Waals surface area contributed by atoms with E-state index in [1.807, 2.05) is 35.1 Å². The summed E-state index contributed by atoms with van der Waals surface area (Å²) in [5, 5.41) is 5.96. The number of hydrogen-bond acceptors (Lipinski definition) is 6. The Morgan fingerprint density at radius 1 is 0.875 bits per heavy atom. The molecule has 1 aromatic heterocycles. The van der Waals surface area contributed by atoms with Crippen molar-refractivity contribution in [3.8, 4) is 11.3 Å². The van der Waals surface area contributed by atoms with Gasteiger partial charge in [0.2, 0.25) is 10.0 Å². The van der Waals surface area contributed by atoms with E-state index >= 15 is 0 Å². The molecule has 0 saturated heterocycles. The summed E-state index contributed by atoms with van der Waals surface area (Å²) >= 11 is 6.24. The number of nitrogens with one attached hydrogen (secondary N) is 1. The fraction of sp³-hybridized carbons (Fsp3) is 0. The van der Waals surface area contributed by atoms with Crippen LogP contribution in [-0.4, -0.2) is 22.7 Å². The molecule has 0 atom stereocenters. The highest BCUT2D eigenvalue weighted by molar-refractivity contribution is 7.92. The Morgan fingerprint density at radius 3 is 2.19 bits per heavy atom. The first-order chi connectivity index (χ1) is 15.1. The quantitative estimate of drug-likeness (QED) is 0.439. The second-order valence-electron chi connectivity index (χ2n) is 6.77. The number of para-hydroxylation sites is 1. The van der Waals surface area contributed by atoms with Gasteiger partial charge in [-0.15, -0.1) is 0 Å². The fourth-order valence-electron chi connectivity index (χ4n) is 3.12. The zero-order valence-corrected chi connectivity index (χ0v) is 18.5. The molecule has 4 rings (SSSR count). The van der Waals surface area contributed by atoms with Gasteiger partial charge >= 0.3 is 0 Å². The molecule has 1 heterocycles. The van der Waals surface area contributed by atoms with Crippen molar-refractivity contribution in [2.45, 2.75) is 9.79 Å². The van der Waals surface area contributed by atoms with Crippen LogP contribution in [0.2, 0.25) is 5.02 Å². The fourth-order valence-corrected chi connectivity index (χ4v) is 5.73. The van der Waals surface area contributed by atoms with Crippen molar-refractivity contribution in [3.63, 3.8) is 0 Å². The molecule has 32 heavy (non-hydrogen) atoms. The van der Waals surface area contributed by atoms with Gasteiger partial charge in [-0.1, -0.05) is 48.0 Å². The molecule has 11 heteroatoms. The summed E-state index contributed by atoms with van der Waals surface area (Å²) in [7, 11) is -8.89. The number of primary sulfonamides is 1. The number of furan rings is 1. The third kappa shape index (κ3) is 4.26. The molecule has 0 bridgehead atoms. The van der Waals surface area contributed by atoms with E-state index in [1.54, 1.807) is 6.07 Å². The maximum Gasteiger partial charge on any atom is 0.266 e. The minimum atomic E-state index is -4.55. The van der Waals surface area contributed by atoms with Crippen molar-refractivity contribution in [3.05, 3.63) is 83.4 Å². The summed E-state index contributed by atoms with van der Waals surface area (Å²) in [5.41, 5.74) is 1.15. The number of sulfonamides is 2. The minimum absolute atomic E-state index is 0.0182. The minimum Gasteiger partial charge on any atom is -0.456 e. The van der Waals surface area contributed by atoms with Gasteiger partial charge in [-0.3, -0.25) is 4.79 Å². The summed E-state index contributed by atoms with van der Waals surface area (Å²) in [6, 6.07) is 18.3. The molecular formula is C21H15ClN2O6S2. The average Bonchev–Trinajstić information content (AvgIpc) is 3.17. The zero-order chi connectivity index (χ0) is 23.1. The number of hydrogen-bond donors (Lipinski definition) is 2. The summed E-state index contributed by atoms with van der Waals surface area (Å²) < 4.78 is 56.4. The lowest BCUT2D eigenvalue weighted by atomic mass is 10.1. The zero-order valence-electron chi connectivity index (χ0n) is 16.1. The molecule has 0 unspecified atom stereocenters. The third-order valence-corrected chi connectivity index (χ3v) is 7.40. The Labute approximate surface area is 188 Å². The molecule has 3 N–H and O–H groups in total. The van der Waals surface area contributed by atoms with Crippen LogP contribution in [0.1, 0.15) is 10.4 Å². The van der Waals surface area contributed by atoms with E-state index in [9.17, 15) is 21.6 Å². The third-order valence-electron chi connectivity index (χ3n) is 4.60. The van der Waals surface area contributed by atoms with Gasteiger partial charge in [0.05, 0.1) is 10.6 Å². The van der Waals surface area contributed by atoms with Gasteiger partial charge in [-0.2, -0.15) is 0 Å². The van der Waals surface area contributed by atoms with Gasteiger partial charge in [-0.25, -0.2) is 26.7 Å². The number of amides is 1. The van der Waals surface area contributed by atoms with E-state index < -0.39 is 35.7 Å². The largest absolute Gasteiger partial charge is 0.456 e. The molecule has 0 radical (unpaired) electrons. The van der Waals surface area contributed by atoms with E-state index in [-0.39, 0.29) is 10.6 Å². The number of carbonyl (C=O) groups is 1. The van der Waals surface area contributed by atoms with Crippen molar-refractivity contribution in [2.24, 2.45) is 5.14 Å². The van der Waals surface area contributed by atoms with Crippen LogP contribution < -0.4 is 9.86 Å². The van der Waals surface area contributed by atoms with Crippen LogP contribution in [0.15, 0.2) is 87.0 Å². The summed E-state index contributed by atoms with van der Waals surface area (Å²) in [6.07, 6.45) is 0. The molecule has 164 valence electrons. The first-order valence-corrected chi connectivity index (χ1v) is 12.4. The molecule has 4 aromatic rings. The van der Waals surface area contributed by atoms with E-state index in [1.165, 1.54) is 24.3 Å². The molecule has 0 fully saturated rings. The lowest BCUT2D eigenvalue weighted by Crippen LogP contribution is -2.32. The molecule has 0 aliphatic heterocycles. The molecule has 1 amide bonds. The van der Waals surface area contributed by atoms with Gasteiger partial charge < -0.3 is 4.42 Å². The van der Waals surface area contributed by atoms with Crippen molar-refractivity contribution in [1.82, 2.24) is 4.72 Å². The Hall–Kier alpha value is -3.18. The maximum atomic E-state index is 12.7. The number of rotatable bonds is 5. The van der Waals surface area contributed by atoms with Crippen LogP contribution in [0.5, 0.6) is 0 Å². The smallest absolute Gasteiger partial charge is 0.266 e. The molecule has 3 aromatic carbocycles. The van der Waals surface area contributed by atoms with Gasteiger partial charge in [0.1, 0.15) is 21.1 Å². The number of benzene rings is 3. The number of fused-ring (bicyclic) bond motifs is 1. The van der Waals surface area contributed by atoms with Crippen LogP contribution >= 0.6 is 11.6 Å². The van der Waals surface area contributed by atoms with E-state index in [2.05, 4.69) is 0 Å². The van der Waals surface area contributed by atoms with Crippen LogP contribution in [0.25, 0.3) is 22.3 Å². The van der Waals surface area contributed by atoms with Crippen molar-refractivity contribution < 1.29 is 26.0 Å². The SMILES string of the molecule is NS(=O)(=O)c1ccccc1S(=O)(=O)NC(=O)c1ccc(-c2cc3ccccc3o2)cc1Cl. The summed E-state index contributed by atoms with van der Waals surface area (Å²) in [5.74, 6) is -0.509. The molecule has 0 aliphatic rings. The summed E-state index contributed by atoms with van der Waals surface area (Å²) in [6.45, 7) is 0. The van der Waals surface area contributed by atoms with Crippen molar-refractivity contribution in [1.29, 1.82) is 0 Å². The molecule has 0 spiro atoms. The highest BCUT2D eigenvalue weighted by atomic mass is 35.5. The number of nitrogens with two attached hydrogens (primary N) is 1. The van der Waals surface area contributed by atoms with Crippen molar-refractivity contribution in [2.75, 3.05) is 0 Å². The highest BCUT2D eigenvalue weighted by Gasteiger charge is 2.27. The average molecular weight is 491 g/mol. The van der Waals surface area contributed by atoms with Crippen LogP contribution in [0, 0.1) is 0 Å². The first kappa shape index (κ1) is 22.0. The van der Waals surface area contributed by atoms with Crippen LogP contribution in [-0.2, 0) is 20.0 Å². The lowest BCUT2D eigenvalue weighted by Gasteiger charge is -2.11. The Bertz CT molecular complexity index is 1540. The molecular weight excluding hydrogens is 476 g/mol. The van der Waals surface area contributed by atoms with Gasteiger partial charge in [0.15, 0.2) is 0 Å². The monoisotopic (exact) mass is 490 g/mol. The molecule has 0 aliphatic carbocycles. The Morgan fingerprint density at radius 2 is 1.53 bits per heavy atom. The normalized spacial score (nSPS) is 12.1. The second-order valence-corrected chi connectivity index (χ2v) is 10.4. The Balaban J connectivity index is 1.64. The number of halogens is 1. The standard InChI is InChI=1S/C21H15ClN2O6S2/c22-16-11-14(18-12-13-5-1-2-6-17(13)30-18)9-10-15(16)21(25)24-32(28,29)20-8-4-3-7-19(20)31(23,26)27/h1-12H,(H,24,25)(H2,23,26,27). The molecule has 8 nitrogen and oxygen atoms in total. The van der Waals surface area contributed by atoms with Crippen LogP contribution in [0.3, 0.4) is 0 Å². The van der Waals surface area contributed by atoms with E-state index in [0.29, 0.717) is 16.9 Å². The second kappa shape index (κ2) is 8.06. The van der Waals surface area contributed by atoms with E-state index in [4.69, 9.17) is 21.2 Å². The summed E-state index contributed by atoms with van der Waals surface area (Å²) in [4.78, 5) is 11.3. The topological polar surface area (TPSA) is 137 Å². The van der Waals surface area contributed by atoms with Crippen molar-refractivity contribution >= 4 is 48.5 Å².